The Morgan fingerprint density at radius 3 is 2.50 bits per heavy atom. The van der Waals surface area contributed by atoms with Gasteiger partial charge in [0, 0.05) is 15.1 Å². The molecular weight excluding hydrogens is 438 g/mol. The van der Waals surface area contributed by atoms with Crippen molar-refractivity contribution in [3.05, 3.63) is 92.9 Å². The van der Waals surface area contributed by atoms with E-state index in [2.05, 4.69) is 22.0 Å². The zero-order chi connectivity index (χ0) is 19.9. The maximum absolute atomic E-state index is 9.54. The monoisotopic (exact) mass is 453 g/mol. The van der Waals surface area contributed by atoms with Gasteiger partial charge in [-0.3, -0.25) is 0 Å². The lowest BCUT2D eigenvalue weighted by Gasteiger charge is -2.12. The second-order valence-corrected chi connectivity index (χ2v) is 7.30. The third-order valence-corrected chi connectivity index (χ3v) is 4.95. The number of hydrogen-bond donors (Lipinski definition) is 0. The van der Waals surface area contributed by atoms with Crippen LogP contribution in [0.5, 0.6) is 11.5 Å². The van der Waals surface area contributed by atoms with E-state index in [0.29, 0.717) is 34.3 Å². The van der Waals surface area contributed by atoms with Crippen molar-refractivity contribution in [1.82, 2.24) is 0 Å². The third kappa shape index (κ3) is 4.95. The molecule has 3 nitrogen and oxygen atoms in total. The molecule has 0 spiro atoms. The van der Waals surface area contributed by atoms with Gasteiger partial charge >= 0.3 is 0 Å². The molecule has 0 amide bonds. The predicted octanol–water partition coefficient (Wildman–Crippen LogP) is 6.75. The molecule has 0 aliphatic rings. The van der Waals surface area contributed by atoms with E-state index < -0.39 is 0 Å². The number of hydrogen-bond acceptors (Lipinski definition) is 3. The molecule has 0 aliphatic carbocycles. The topological polar surface area (TPSA) is 42.2 Å². The summed E-state index contributed by atoms with van der Waals surface area (Å²) in [5.74, 6) is 1.24. The molecule has 0 radical (unpaired) electrons. The van der Waals surface area contributed by atoms with Gasteiger partial charge in [-0.1, -0.05) is 63.9 Å². The summed E-state index contributed by atoms with van der Waals surface area (Å²) in [6.07, 6.45) is 1.78. The van der Waals surface area contributed by atoms with E-state index in [9.17, 15) is 5.26 Å². The smallest absolute Gasteiger partial charge is 0.161 e. The lowest BCUT2D eigenvalue weighted by Crippen LogP contribution is -1.98. The van der Waals surface area contributed by atoms with Gasteiger partial charge in [0.15, 0.2) is 11.5 Å². The van der Waals surface area contributed by atoms with Crippen LogP contribution in [0.1, 0.15) is 16.7 Å². The number of methoxy groups -OCH3 is 1. The molecule has 0 saturated heterocycles. The molecule has 0 aliphatic heterocycles. The fraction of sp³-hybridized carbons (Fsp3) is 0.0870. The van der Waals surface area contributed by atoms with Gasteiger partial charge in [0.2, 0.25) is 0 Å². The van der Waals surface area contributed by atoms with Crippen molar-refractivity contribution < 1.29 is 9.47 Å². The maximum atomic E-state index is 9.54. The maximum Gasteiger partial charge on any atom is 0.161 e. The Morgan fingerprint density at radius 2 is 1.82 bits per heavy atom. The van der Waals surface area contributed by atoms with Crippen LogP contribution >= 0.6 is 27.5 Å². The minimum absolute atomic E-state index is 0.432. The normalized spacial score (nSPS) is 11.0. The van der Waals surface area contributed by atoms with E-state index in [1.807, 2.05) is 60.7 Å². The molecule has 3 aromatic carbocycles. The van der Waals surface area contributed by atoms with Gasteiger partial charge in [-0.05, 0) is 47.5 Å². The molecule has 0 unspecified atom stereocenters. The van der Waals surface area contributed by atoms with E-state index in [-0.39, 0.29) is 0 Å². The van der Waals surface area contributed by atoms with Crippen molar-refractivity contribution in [2.75, 3.05) is 7.11 Å². The Bertz CT molecular complexity index is 1040. The van der Waals surface area contributed by atoms with Crippen molar-refractivity contribution in [3.63, 3.8) is 0 Å². The number of halogens is 2. The summed E-state index contributed by atoms with van der Waals surface area (Å²) in [5.41, 5.74) is 3.06. The first-order chi connectivity index (χ1) is 13.6. The van der Waals surface area contributed by atoms with E-state index in [0.717, 1.165) is 15.6 Å². The predicted molar refractivity (Wildman–Crippen MR) is 116 cm³/mol. The largest absolute Gasteiger partial charge is 0.493 e. The van der Waals surface area contributed by atoms with Crippen molar-refractivity contribution >= 4 is 39.2 Å². The Morgan fingerprint density at radius 1 is 1.07 bits per heavy atom. The summed E-state index contributed by atoms with van der Waals surface area (Å²) in [5, 5.41) is 10.1. The molecule has 5 heteroatoms. The Labute approximate surface area is 177 Å². The first-order valence-electron chi connectivity index (χ1n) is 8.52. The molecule has 0 heterocycles. The van der Waals surface area contributed by atoms with Crippen LogP contribution in [-0.4, -0.2) is 7.11 Å². The van der Waals surface area contributed by atoms with Crippen molar-refractivity contribution in [2.45, 2.75) is 6.61 Å². The SMILES string of the molecule is COc1cc(C=C(C#N)c2ccccc2Cl)ccc1OCc1ccc(Br)cc1. The van der Waals surface area contributed by atoms with Crippen molar-refractivity contribution in [1.29, 1.82) is 5.26 Å². The first kappa shape index (κ1) is 20.0. The number of nitriles is 1. The van der Waals surface area contributed by atoms with Gasteiger partial charge in [0.05, 0.1) is 18.8 Å². The van der Waals surface area contributed by atoms with E-state index in [1.165, 1.54) is 0 Å². The van der Waals surface area contributed by atoms with Crippen LogP contribution in [0.15, 0.2) is 71.2 Å². The van der Waals surface area contributed by atoms with Crippen LogP contribution in [0.25, 0.3) is 11.6 Å². The molecule has 0 aromatic heterocycles. The Hall–Kier alpha value is -2.74. The molecule has 0 fully saturated rings. The molecule has 0 atom stereocenters. The number of nitrogens with zero attached hydrogens (tertiary/aromatic N) is 1. The zero-order valence-corrected chi connectivity index (χ0v) is 17.5. The average Bonchev–Trinajstić information content (AvgIpc) is 2.72. The van der Waals surface area contributed by atoms with E-state index >= 15 is 0 Å². The van der Waals surface area contributed by atoms with Gasteiger partial charge < -0.3 is 9.47 Å². The lowest BCUT2D eigenvalue weighted by molar-refractivity contribution is 0.284. The highest BCUT2D eigenvalue weighted by molar-refractivity contribution is 9.10. The fourth-order valence-corrected chi connectivity index (χ4v) is 3.15. The van der Waals surface area contributed by atoms with Gasteiger partial charge in [-0.25, -0.2) is 0 Å². The Balaban J connectivity index is 1.83. The number of rotatable bonds is 6. The van der Waals surface area contributed by atoms with Crippen LogP contribution in [0.2, 0.25) is 5.02 Å². The fourth-order valence-electron chi connectivity index (χ4n) is 2.65. The molecule has 28 heavy (non-hydrogen) atoms. The summed E-state index contributed by atoms with van der Waals surface area (Å²) in [7, 11) is 1.59. The lowest BCUT2D eigenvalue weighted by atomic mass is 10.0. The summed E-state index contributed by atoms with van der Waals surface area (Å²) in [6, 6.07) is 23.0. The highest BCUT2D eigenvalue weighted by atomic mass is 79.9. The second kappa shape index (κ2) is 9.45. The van der Waals surface area contributed by atoms with Gasteiger partial charge in [0.25, 0.3) is 0 Å². The minimum Gasteiger partial charge on any atom is -0.493 e. The van der Waals surface area contributed by atoms with Gasteiger partial charge in [0.1, 0.15) is 6.61 Å². The summed E-state index contributed by atoms with van der Waals surface area (Å²) in [6.45, 7) is 0.432. The van der Waals surface area contributed by atoms with Gasteiger partial charge in [-0.2, -0.15) is 5.26 Å². The number of benzene rings is 3. The summed E-state index contributed by atoms with van der Waals surface area (Å²) >= 11 is 9.64. The van der Waals surface area contributed by atoms with Crippen LogP contribution in [-0.2, 0) is 6.61 Å². The molecule has 140 valence electrons. The van der Waals surface area contributed by atoms with Gasteiger partial charge in [-0.15, -0.1) is 0 Å². The van der Waals surface area contributed by atoms with Crippen molar-refractivity contribution in [2.24, 2.45) is 0 Å². The Kier molecular flexibility index (Phi) is 6.76. The molecular formula is C23H17BrClNO2. The number of ether oxygens (including phenoxy) is 2. The molecule has 3 aromatic rings. The minimum atomic E-state index is 0.432. The van der Waals surface area contributed by atoms with E-state index in [4.69, 9.17) is 21.1 Å². The molecule has 0 bridgehead atoms. The number of allylic oxidation sites excluding steroid dienone is 1. The van der Waals surface area contributed by atoms with Crippen LogP contribution in [0.4, 0.5) is 0 Å². The molecule has 0 N–H and O–H groups in total. The summed E-state index contributed by atoms with van der Waals surface area (Å²) in [4.78, 5) is 0. The van der Waals surface area contributed by atoms with Crippen LogP contribution in [0.3, 0.4) is 0 Å². The quantitative estimate of drug-likeness (QED) is 0.305. The second-order valence-electron chi connectivity index (χ2n) is 5.98. The highest BCUT2D eigenvalue weighted by Crippen LogP contribution is 2.31. The van der Waals surface area contributed by atoms with Crippen molar-refractivity contribution in [3.8, 4) is 17.6 Å². The standard InChI is InChI=1S/C23H17BrClNO2/c1-27-23-13-17(12-18(14-26)20-4-2-3-5-21(20)25)8-11-22(23)28-15-16-6-9-19(24)10-7-16/h2-13H,15H2,1H3. The summed E-state index contributed by atoms with van der Waals surface area (Å²) < 4.78 is 12.4. The third-order valence-electron chi connectivity index (χ3n) is 4.09. The van der Waals surface area contributed by atoms with E-state index in [1.54, 1.807) is 19.3 Å². The average molecular weight is 455 g/mol. The molecule has 0 saturated carbocycles. The first-order valence-corrected chi connectivity index (χ1v) is 9.70. The molecule has 3 rings (SSSR count). The van der Waals surface area contributed by atoms with Crippen LogP contribution < -0.4 is 9.47 Å². The van der Waals surface area contributed by atoms with Crippen LogP contribution in [0, 0.1) is 11.3 Å². The highest BCUT2D eigenvalue weighted by Gasteiger charge is 2.09. The zero-order valence-electron chi connectivity index (χ0n) is 15.2.